The summed E-state index contributed by atoms with van der Waals surface area (Å²) in [6.45, 7) is 2.46. The Hall–Kier alpha value is -3.84. The van der Waals surface area contributed by atoms with Crippen LogP contribution in [0, 0.1) is 5.82 Å². The second-order valence-corrected chi connectivity index (χ2v) is 8.53. The third kappa shape index (κ3) is 4.61. The minimum absolute atomic E-state index is 0.108. The van der Waals surface area contributed by atoms with E-state index < -0.39 is 0 Å². The standard InChI is InChI=1S/C27H26FN5O/c1-29-27(34)20-4-2-3-18(13-20)17-33-12-10-25(32-33)23-14-26(19-5-7-22(28)8-6-19)31-16-24(23)21-9-11-30-15-21/h2-8,10,12-14,16,21,30H,9,11,15,17H2,1H3,(H,29,34). The average molecular weight is 456 g/mol. The minimum Gasteiger partial charge on any atom is -0.355 e. The van der Waals surface area contributed by atoms with Crippen LogP contribution < -0.4 is 10.6 Å². The van der Waals surface area contributed by atoms with Gasteiger partial charge in [0.05, 0.1) is 17.9 Å². The van der Waals surface area contributed by atoms with E-state index in [1.54, 1.807) is 25.2 Å². The molecule has 1 saturated heterocycles. The zero-order valence-corrected chi connectivity index (χ0v) is 19.0. The van der Waals surface area contributed by atoms with E-state index in [0.29, 0.717) is 18.0 Å². The molecule has 0 aliphatic carbocycles. The first-order valence-corrected chi connectivity index (χ1v) is 11.4. The fourth-order valence-corrected chi connectivity index (χ4v) is 4.45. The molecule has 2 aromatic heterocycles. The molecule has 1 aliphatic rings. The van der Waals surface area contributed by atoms with Crippen molar-refractivity contribution in [2.24, 2.45) is 0 Å². The first-order chi connectivity index (χ1) is 16.6. The van der Waals surface area contributed by atoms with Crippen LogP contribution in [0.5, 0.6) is 0 Å². The third-order valence-electron chi connectivity index (χ3n) is 6.25. The summed E-state index contributed by atoms with van der Waals surface area (Å²) >= 11 is 0. The number of rotatable bonds is 6. The Kier molecular flexibility index (Phi) is 6.18. The lowest BCUT2D eigenvalue weighted by Gasteiger charge is -2.15. The fraction of sp³-hybridized carbons (Fsp3) is 0.222. The predicted octanol–water partition coefficient (Wildman–Crippen LogP) is 4.24. The topological polar surface area (TPSA) is 71.8 Å². The van der Waals surface area contributed by atoms with E-state index >= 15 is 0 Å². The third-order valence-corrected chi connectivity index (χ3v) is 6.25. The molecule has 3 heterocycles. The minimum atomic E-state index is -0.267. The Morgan fingerprint density at radius 3 is 2.76 bits per heavy atom. The van der Waals surface area contributed by atoms with Gasteiger partial charge in [-0.15, -0.1) is 0 Å². The zero-order chi connectivity index (χ0) is 23.5. The molecular formula is C27H26FN5O. The maximum Gasteiger partial charge on any atom is 0.251 e. The molecule has 1 unspecified atom stereocenters. The molecule has 1 aliphatic heterocycles. The Bertz CT molecular complexity index is 1310. The highest BCUT2D eigenvalue weighted by Crippen LogP contribution is 2.34. The lowest BCUT2D eigenvalue weighted by molar-refractivity contribution is 0.0963. The van der Waals surface area contributed by atoms with E-state index in [-0.39, 0.29) is 11.7 Å². The highest BCUT2D eigenvalue weighted by atomic mass is 19.1. The SMILES string of the molecule is CNC(=O)c1cccc(Cn2ccc(-c3cc(-c4ccc(F)cc4)ncc3C3CCNC3)n2)c1. The molecule has 1 amide bonds. The van der Waals surface area contributed by atoms with Gasteiger partial charge < -0.3 is 10.6 Å². The molecule has 0 spiro atoms. The van der Waals surface area contributed by atoms with Gasteiger partial charge in [-0.1, -0.05) is 12.1 Å². The van der Waals surface area contributed by atoms with E-state index in [0.717, 1.165) is 47.6 Å². The largest absolute Gasteiger partial charge is 0.355 e. The number of amides is 1. The molecule has 4 aromatic rings. The summed E-state index contributed by atoms with van der Waals surface area (Å²) in [6, 6.07) is 18.0. The van der Waals surface area contributed by atoms with Crippen LogP contribution in [0.15, 0.2) is 73.1 Å². The molecule has 2 aromatic carbocycles. The van der Waals surface area contributed by atoms with Gasteiger partial charge >= 0.3 is 0 Å². The Morgan fingerprint density at radius 2 is 2.00 bits per heavy atom. The van der Waals surface area contributed by atoms with Crippen LogP contribution in [0.2, 0.25) is 0 Å². The van der Waals surface area contributed by atoms with Gasteiger partial charge in [0, 0.05) is 42.7 Å². The van der Waals surface area contributed by atoms with E-state index in [2.05, 4.69) is 16.7 Å². The molecule has 0 bridgehead atoms. The monoisotopic (exact) mass is 455 g/mol. The predicted molar refractivity (Wildman–Crippen MR) is 130 cm³/mol. The van der Waals surface area contributed by atoms with Crippen molar-refractivity contribution >= 4 is 5.91 Å². The number of halogens is 1. The van der Waals surface area contributed by atoms with Crippen LogP contribution >= 0.6 is 0 Å². The lowest BCUT2D eigenvalue weighted by atomic mass is 9.92. The number of benzene rings is 2. The van der Waals surface area contributed by atoms with E-state index in [1.807, 2.05) is 41.3 Å². The first kappa shape index (κ1) is 22.0. The molecule has 6 nitrogen and oxygen atoms in total. The van der Waals surface area contributed by atoms with Gasteiger partial charge in [0.2, 0.25) is 0 Å². The van der Waals surface area contributed by atoms with Gasteiger partial charge in [0.25, 0.3) is 5.91 Å². The van der Waals surface area contributed by atoms with Crippen molar-refractivity contribution in [3.63, 3.8) is 0 Å². The van der Waals surface area contributed by atoms with E-state index in [4.69, 9.17) is 10.1 Å². The van der Waals surface area contributed by atoms with Gasteiger partial charge in [-0.2, -0.15) is 5.10 Å². The van der Waals surface area contributed by atoms with Crippen LogP contribution in [0.4, 0.5) is 4.39 Å². The Balaban J connectivity index is 1.48. The summed E-state index contributed by atoms with van der Waals surface area (Å²) in [4.78, 5) is 16.7. The molecule has 5 rings (SSSR count). The molecule has 2 N–H and O–H groups in total. The normalized spacial score (nSPS) is 15.4. The van der Waals surface area contributed by atoms with Gasteiger partial charge in [0.15, 0.2) is 0 Å². The number of nitrogens with one attached hydrogen (secondary N) is 2. The maximum atomic E-state index is 13.4. The van der Waals surface area contributed by atoms with Crippen LogP contribution in [0.1, 0.15) is 33.8 Å². The van der Waals surface area contributed by atoms with Crippen molar-refractivity contribution in [1.82, 2.24) is 25.4 Å². The van der Waals surface area contributed by atoms with Crippen molar-refractivity contribution in [2.45, 2.75) is 18.9 Å². The highest BCUT2D eigenvalue weighted by Gasteiger charge is 2.22. The number of pyridine rings is 1. The number of aromatic nitrogens is 3. The molecule has 0 radical (unpaired) electrons. The summed E-state index contributed by atoms with van der Waals surface area (Å²) < 4.78 is 15.3. The number of nitrogens with zero attached hydrogens (tertiary/aromatic N) is 3. The summed E-state index contributed by atoms with van der Waals surface area (Å²) in [7, 11) is 1.63. The molecule has 34 heavy (non-hydrogen) atoms. The second-order valence-electron chi connectivity index (χ2n) is 8.53. The molecule has 1 atom stereocenters. The van der Waals surface area contributed by atoms with Gasteiger partial charge in [-0.05, 0) is 78.5 Å². The lowest BCUT2D eigenvalue weighted by Crippen LogP contribution is -2.18. The molecule has 0 saturated carbocycles. The number of carbonyl (C=O) groups is 1. The summed E-state index contributed by atoms with van der Waals surface area (Å²) in [5.74, 6) is -0.000984. The van der Waals surface area contributed by atoms with E-state index in [1.165, 1.54) is 17.7 Å². The van der Waals surface area contributed by atoms with Gasteiger partial charge in [-0.25, -0.2) is 4.39 Å². The highest BCUT2D eigenvalue weighted by molar-refractivity contribution is 5.94. The van der Waals surface area contributed by atoms with Gasteiger partial charge in [0.1, 0.15) is 5.82 Å². The van der Waals surface area contributed by atoms with Crippen LogP contribution in [-0.4, -0.2) is 40.8 Å². The molecule has 7 heteroatoms. The molecule has 1 fully saturated rings. The van der Waals surface area contributed by atoms with Crippen LogP contribution in [-0.2, 0) is 6.54 Å². The van der Waals surface area contributed by atoms with E-state index in [9.17, 15) is 9.18 Å². The van der Waals surface area contributed by atoms with Crippen molar-refractivity contribution in [3.05, 3.63) is 95.6 Å². The second kappa shape index (κ2) is 9.57. The molecular weight excluding hydrogens is 429 g/mol. The summed E-state index contributed by atoms with van der Waals surface area (Å²) in [6.07, 6.45) is 4.95. The number of carbonyl (C=O) groups excluding carboxylic acids is 1. The van der Waals surface area contributed by atoms with Crippen molar-refractivity contribution in [3.8, 4) is 22.5 Å². The fourth-order valence-electron chi connectivity index (χ4n) is 4.45. The number of hydrogen-bond donors (Lipinski definition) is 2. The first-order valence-electron chi connectivity index (χ1n) is 11.4. The molecule has 172 valence electrons. The van der Waals surface area contributed by atoms with Crippen LogP contribution in [0.3, 0.4) is 0 Å². The quantitative estimate of drug-likeness (QED) is 0.456. The maximum absolute atomic E-state index is 13.4. The van der Waals surface area contributed by atoms with Crippen molar-refractivity contribution < 1.29 is 9.18 Å². The van der Waals surface area contributed by atoms with Gasteiger partial charge in [-0.3, -0.25) is 14.5 Å². The number of hydrogen-bond acceptors (Lipinski definition) is 4. The van der Waals surface area contributed by atoms with Crippen LogP contribution in [0.25, 0.3) is 22.5 Å². The van der Waals surface area contributed by atoms with Crippen molar-refractivity contribution in [2.75, 3.05) is 20.1 Å². The Labute approximate surface area is 197 Å². The summed E-state index contributed by atoms with van der Waals surface area (Å²) in [5.41, 5.74) is 6.36. The Morgan fingerprint density at radius 1 is 1.15 bits per heavy atom. The van der Waals surface area contributed by atoms with Crippen molar-refractivity contribution in [1.29, 1.82) is 0 Å². The zero-order valence-electron chi connectivity index (χ0n) is 19.0. The summed E-state index contributed by atoms with van der Waals surface area (Å²) in [5, 5.41) is 11.0. The average Bonchev–Trinajstić information content (AvgIpc) is 3.56. The smallest absolute Gasteiger partial charge is 0.251 e.